The molecule has 1 aromatic heterocycles. The Morgan fingerprint density at radius 2 is 2.17 bits per heavy atom. The minimum Gasteiger partial charge on any atom is -0.271 e. The first-order valence-electron chi connectivity index (χ1n) is 6.53. The van der Waals surface area contributed by atoms with Crippen LogP contribution in [-0.4, -0.2) is 6.04 Å². The highest BCUT2D eigenvalue weighted by molar-refractivity contribution is 7.17. The van der Waals surface area contributed by atoms with Crippen molar-refractivity contribution in [3.05, 3.63) is 35.2 Å². The lowest BCUT2D eigenvalue weighted by molar-refractivity contribution is 0.409. The van der Waals surface area contributed by atoms with Crippen molar-refractivity contribution >= 4 is 21.4 Å². The second-order valence-electron chi connectivity index (χ2n) is 6.03. The molecule has 1 heterocycles. The van der Waals surface area contributed by atoms with Gasteiger partial charge in [-0.1, -0.05) is 32.0 Å². The molecule has 0 saturated heterocycles. The largest absolute Gasteiger partial charge is 0.271 e. The first-order chi connectivity index (χ1) is 8.62. The maximum absolute atomic E-state index is 5.75. The number of hydrogen-bond donors (Lipinski definition) is 2. The summed E-state index contributed by atoms with van der Waals surface area (Å²) < 4.78 is 1.37. The third-order valence-electron chi connectivity index (χ3n) is 4.29. The Morgan fingerprint density at radius 3 is 2.83 bits per heavy atom. The monoisotopic (exact) mass is 260 g/mol. The number of benzene rings is 1. The van der Waals surface area contributed by atoms with Gasteiger partial charge in [-0.15, -0.1) is 11.3 Å². The molecule has 1 saturated carbocycles. The highest BCUT2D eigenvalue weighted by atomic mass is 32.1. The summed E-state index contributed by atoms with van der Waals surface area (Å²) in [7, 11) is 0. The van der Waals surface area contributed by atoms with Crippen molar-refractivity contribution in [1.82, 2.24) is 5.43 Å². The third kappa shape index (κ3) is 2.07. The van der Waals surface area contributed by atoms with Crippen LogP contribution in [0.25, 0.3) is 10.1 Å². The summed E-state index contributed by atoms with van der Waals surface area (Å²) in [6.07, 6.45) is 2.32. The van der Waals surface area contributed by atoms with Gasteiger partial charge in [0, 0.05) is 10.7 Å². The fourth-order valence-corrected chi connectivity index (χ4v) is 3.92. The zero-order valence-electron chi connectivity index (χ0n) is 10.9. The van der Waals surface area contributed by atoms with Crippen LogP contribution in [0.2, 0.25) is 0 Å². The Bertz CT molecular complexity index is 558. The molecule has 0 spiro atoms. The van der Waals surface area contributed by atoms with Gasteiger partial charge < -0.3 is 0 Å². The summed E-state index contributed by atoms with van der Waals surface area (Å²) in [5.74, 6) is 6.46. The molecule has 1 fully saturated rings. The first kappa shape index (κ1) is 12.2. The van der Waals surface area contributed by atoms with Gasteiger partial charge in [0.2, 0.25) is 0 Å². The lowest BCUT2D eigenvalue weighted by atomic mass is 9.97. The van der Waals surface area contributed by atoms with Gasteiger partial charge in [0.15, 0.2) is 0 Å². The first-order valence-corrected chi connectivity index (χ1v) is 7.41. The maximum Gasteiger partial charge on any atom is 0.0345 e. The van der Waals surface area contributed by atoms with Crippen molar-refractivity contribution in [3.63, 3.8) is 0 Å². The summed E-state index contributed by atoms with van der Waals surface area (Å²) in [6, 6.07) is 9.02. The highest BCUT2D eigenvalue weighted by Gasteiger charge is 2.49. The Labute approximate surface area is 112 Å². The normalized spacial score (nSPS) is 23.2. The van der Waals surface area contributed by atoms with Gasteiger partial charge in [-0.25, -0.2) is 0 Å². The van der Waals surface area contributed by atoms with Crippen LogP contribution in [-0.2, 0) is 6.42 Å². The number of thiophene rings is 1. The Kier molecular flexibility index (Phi) is 2.93. The van der Waals surface area contributed by atoms with Crippen molar-refractivity contribution in [2.75, 3.05) is 0 Å². The lowest BCUT2D eigenvalue weighted by Crippen LogP contribution is -2.39. The van der Waals surface area contributed by atoms with E-state index in [1.165, 1.54) is 22.1 Å². The van der Waals surface area contributed by atoms with Crippen LogP contribution in [0.3, 0.4) is 0 Å². The van der Waals surface area contributed by atoms with Gasteiger partial charge >= 0.3 is 0 Å². The molecule has 3 heteroatoms. The summed E-state index contributed by atoms with van der Waals surface area (Å²) >= 11 is 1.83. The van der Waals surface area contributed by atoms with Crippen molar-refractivity contribution in [2.24, 2.45) is 17.2 Å². The fraction of sp³-hybridized carbons (Fsp3) is 0.467. The van der Waals surface area contributed by atoms with Gasteiger partial charge in [-0.3, -0.25) is 11.3 Å². The van der Waals surface area contributed by atoms with Crippen LogP contribution in [0.1, 0.15) is 25.8 Å². The van der Waals surface area contributed by atoms with Gasteiger partial charge in [0.1, 0.15) is 0 Å². The van der Waals surface area contributed by atoms with Crippen molar-refractivity contribution < 1.29 is 0 Å². The Balaban J connectivity index is 1.83. The summed E-state index contributed by atoms with van der Waals surface area (Å²) in [5.41, 5.74) is 4.92. The maximum atomic E-state index is 5.75. The highest BCUT2D eigenvalue weighted by Crippen LogP contribution is 2.54. The van der Waals surface area contributed by atoms with Crippen LogP contribution in [0.15, 0.2) is 29.6 Å². The van der Waals surface area contributed by atoms with Gasteiger partial charge in [-0.2, -0.15) is 0 Å². The minimum absolute atomic E-state index is 0.401. The van der Waals surface area contributed by atoms with Crippen LogP contribution in [0.5, 0.6) is 0 Å². The van der Waals surface area contributed by atoms with Gasteiger partial charge in [-0.05, 0) is 46.6 Å². The molecule has 1 aromatic carbocycles. The average molecular weight is 260 g/mol. The number of nitrogens with one attached hydrogen (secondary N) is 1. The molecule has 2 atom stereocenters. The number of fused-ring (bicyclic) bond motifs is 1. The predicted molar refractivity (Wildman–Crippen MR) is 78.5 cm³/mol. The van der Waals surface area contributed by atoms with Crippen LogP contribution in [0.4, 0.5) is 0 Å². The summed E-state index contributed by atoms with van der Waals surface area (Å²) in [6.45, 7) is 4.65. The molecule has 0 radical (unpaired) electrons. The van der Waals surface area contributed by atoms with E-state index in [9.17, 15) is 0 Å². The van der Waals surface area contributed by atoms with Crippen LogP contribution < -0.4 is 11.3 Å². The fourth-order valence-electron chi connectivity index (χ4n) is 2.94. The van der Waals surface area contributed by atoms with Crippen molar-refractivity contribution in [1.29, 1.82) is 0 Å². The zero-order chi connectivity index (χ0) is 12.8. The van der Waals surface area contributed by atoms with E-state index in [1.807, 2.05) is 11.3 Å². The molecule has 3 rings (SSSR count). The molecular weight excluding hydrogens is 240 g/mol. The van der Waals surface area contributed by atoms with E-state index in [0.29, 0.717) is 17.4 Å². The smallest absolute Gasteiger partial charge is 0.0345 e. The zero-order valence-corrected chi connectivity index (χ0v) is 11.8. The molecule has 3 N–H and O–H groups in total. The number of nitrogens with two attached hydrogens (primary N) is 1. The molecule has 0 bridgehead atoms. The Hall–Kier alpha value is -0.900. The molecule has 1 aliphatic rings. The van der Waals surface area contributed by atoms with Crippen molar-refractivity contribution in [2.45, 2.75) is 32.7 Å². The number of rotatable bonds is 4. The Morgan fingerprint density at radius 1 is 1.44 bits per heavy atom. The molecule has 96 valence electrons. The SMILES string of the molecule is CC1(C)CC1C(Cc1csc2ccccc12)NN. The molecule has 0 amide bonds. The number of hydrazine groups is 1. The minimum atomic E-state index is 0.401. The van der Waals surface area contributed by atoms with Gasteiger partial charge in [0.05, 0.1) is 0 Å². The summed E-state index contributed by atoms with van der Waals surface area (Å²) in [5, 5.41) is 3.67. The standard InChI is InChI=1S/C15H20N2S/c1-15(2)8-12(15)13(17-16)7-10-9-18-14-6-4-3-5-11(10)14/h3-6,9,12-13,17H,7-8,16H2,1-2H3. The second-order valence-corrected chi connectivity index (χ2v) is 6.94. The van der Waals surface area contributed by atoms with E-state index in [1.54, 1.807) is 0 Å². The van der Waals surface area contributed by atoms with Crippen molar-refractivity contribution in [3.8, 4) is 0 Å². The summed E-state index contributed by atoms with van der Waals surface area (Å²) in [4.78, 5) is 0. The van der Waals surface area contributed by atoms with Crippen LogP contribution >= 0.6 is 11.3 Å². The second kappa shape index (κ2) is 4.34. The van der Waals surface area contributed by atoms with E-state index in [4.69, 9.17) is 5.84 Å². The molecule has 1 aliphatic carbocycles. The van der Waals surface area contributed by atoms with E-state index < -0.39 is 0 Å². The van der Waals surface area contributed by atoms with E-state index in [2.05, 4.69) is 48.9 Å². The molecule has 2 aromatic rings. The molecule has 0 aliphatic heterocycles. The lowest BCUT2D eigenvalue weighted by Gasteiger charge is -2.17. The van der Waals surface area contributed by atoms with Gasteiger partial charge in [0.25, 0.3) is 0 Å². The molecule has 18 heavy (non-hydrogen) atoms. The molecule has 2 unspecified atom stereocenters. The molecule has 2 nitrogen and oxygen atoms in total. The number of hydrogen-bond acceptors (Lipinski definition) is 3. The van der Waals surface area contributed by atoms with Crippen LogP contribution in [0, 0.1) is 11.3 Å². The average Bonchev–Trinajstić information content (AvgIpc) is 2.83. The van der Waals surface area contributed by atoms with E-state index in [-0.39, 0.29) is 0 Å². The van der Waals surface area contributed by atoms with E-state index in [0.717, 1.165) is 6.42 Å². The molecular formula is C15H20N2S. The topological polar surface area (TPSA) is 38.0 Å². The predicted octanol–water partition coefficient (Wildman–Crippen LogP) is 3.32. The van der Waals surface area contributed by atoms with E-state index >= 15 is 0 Å². The third-order valence-corrected chi connectivity index (χ3v) is 5.30. The quantitative estimate of drug-likeness (QED) is 0.654.